The van der Waals surface area contributed by atoms with Gasteiger partial charge in [-0.05, 0) is 17.7 Å². The lowest BCUT2D eigenvalue weighted by molar-refractivity contribution is -0.0781. The summed E-state index contributed by atoms with van der Waals surface area (Å²) in [6, 6.07) is 20.4. The molecule has 2 aromatic rings. The maximum atomic E-state index is 9.73. The van der Waals surface area contributed by atoms with Gasteiger partial charge in [0.2, 0.25) is 0 Å². The van der Waals surface area contributed by atoms with Gasteiger partial charge in [0.25, 0.3) is 0 Å². The third-order valence-electron chi connectivity index (χ3n) is 2.88. The van der Waals surface area contributed by atoms with Gasteiger partial charge in [0.1, 0.15) is 0 Å². The Labute approximate surface area is 118 Å². The Morgan fingerprint density at radius 3 is 2.16 bits per heavy atom. The van der Waals surface area contributed by atoms with Crippen LogP contribution in [0.2, 0.25) is 0 Å². The van der Waals surface area contributed by atoms with Gasteiger partial charge in [-0.1, -0.05) is 48.5 Å². The van der Waals surface area contributed by atoms with E-state index in [1.807, 2.05) is 36.4 Å². The summed E-state index contributed by atoms with van der Waals surface area (Å²) < 4.78 is 4.98. The maximum Gasteiger partial charge on any atom is 0.155 e. The van der Waals surface area contributed by atoms with Crippen molar-refractivity contribution >= 4 is 11.8 Å². The minimum Gasteiger partial charge on any atom is -0.368 e. The summed E-state index contributed by atoms with van der Waals surface area (Å²) in [5.74, 6) is 0. The summed E-state index contributed by atoms with van der Waals surface area (Å²) in [5, 5.41) is 9.91. The monoisotopic (exact) mass is 274 g/mol. The first-order valence-electron chi connectivity index (χ1n) is 6.27. The van der Waals surface area contributed by atoms with Crippen LogP contribution in [0.1, 0.15) is 17.2 Å². The Balaban J connectivity index is 2.15. The lowest BCUT2D eigenvalue weighted by atomic mass is 10.1. The number of aliphatic hydroxyl groups excluding tert-OH is 1. The van der Waals surface area contributed by atoms with Gasteiger partial charge in [0, 0.05) is 23.7 Å². The molecule has 0 fully saturated rings. The molecule has 0 heterocycles. The second kappa shape index (κ2) is 7.34. The standard InChI is InChI=1S/C16H18O2S/c1-18-16(17)12-15(13-8-4-2-5-9-13)19-14-10-6-3-7-11-14/h2-11,15-17H,12H2,1H3. The Morgan fingerprint density at radius 1 is 1.00 bits per heavy atom. The van der Waals surface area contributed by atoms with Crippen LogP contribution in [0.5, 0.6) is 0 Å². The maximum absolute atomic E-state index is 9.73. The van der Waals surface area contributed by atoms with Crippen LogP contribution >= 0.6 is 11.8 Å². The second-order valence-corrected chi connectivity index (χ2v) is 5.53. The van der Waals surface area contributed by atoms with Crippen LogP contribution in [-0.2, 0) is 4.74 Å². The molecule has 19 heavy (non-hydrogen) atoms. The zero-order valence-electron chi connectivity index (χ0n) is 10.9. The van der Waals surface area contributed by atoms with Crippen LogP contribution in [0.15, 0.2) is 65.6 Å². The largest absolute Gasteiger partial charge is 0.368 e. The van der Waals surface area contributed by atoms with E-state index in [1.165, 1.54) is 17.6 Å². The van der Waals surface area contributed by atoms with Gasteiger partial charge in [-0.2, -0.15) is 0 Å². The lowest BCUT2D eigenvalue weighted by Gasteiger charge is -2.19. The second-order valence-electron chi connectivity index (χ2n) is 4.26. The molecule has 2 unspecified atom stereocenters. The Hall–Kier alpha value is -1.29. The highest BCUT2D eigenvalue weighted by atomic mass is 32.2. The van der Waals surface area contributed by atoms with E-state index < -0.39 is 6.29 Å². The highest BCUT2D eigenvalue weighted by Crippen LogP contribution is 2.38. The fraction of sp³-hybridized carbons (Fsp3) is 0.250. The van der Waals surface area contributed by atoms with Crippen molar-refractivity contribution in [3.63, 3.8) is 0 Å². The SMILES string of the molecule is COC(O)CC(Sc1ccccc1)c1ccccc1. The molecule has 0 saturated carbocycles. The van der Waals surface area contributed by atoms with Crippen LogP contribution in [0.3, 0.4) is 0 Å². The fourth-order valence-electron chi connectivity index (χ4n) is 1.86. The number of thioether (sulfide) groups is 1. The number of hydrogen-bond acceptors (Lipinski definition) is 3. The van der Waals surface area contributed by atoms with Crippen LogP contribution < -0.4 is 0 Å². The quantitative estimate of drug-likeness (QED) is 0.640. The average Bonchev–Trinajstić information content (AvgIpc) is 2.48. The average molecular weight is 274 g/mol. The predicted molar refractivity (Wildman–Crippen MR) is 79.1 cm³/mol. The zero-order valence-corrected chi connectivity index (χ0v) is 11.7. The summed E-state index contributed by atoms with van der Waals surface area (Å²) in [6.45, 7) is 0. The van der Waals surface area contributed by atoms with Crippen molar-refractivity contribution in [2.75, 3.05) is 7.11 Å². The topological polar surface area (TPSA) is 29.5 Å². The fourth-order valence-corrected chi connectivity index (χ4v) is 3.06. The molecule has 2 rings (SSSR count). The van der Waals surface area contributed by atoms with Crippen LogP contribution in [0, 0.1) is 0 Å². The molecule has 3 heteroatoms. The van der Waals surface area contributed by atoms with Crippen LogP contribution in [0.4, 0.5) is 0 Å². The first-order chi connectivity index (χ1) is 9.29. The van der Waals surface area contributed by atoms with Crippen LogP contribution in [0.25, 0.3) is 0 Å². The summed E-state index contributed by atoms with van der Waals surface area (Å²) in [7, 11) is 1.53. The van der Waals surface area contributed by atoms with Crippen molar-refractivity contribution in [2.45, 2.75) is 22.9 Å². The van der Waals surface area contributed by atoms with Gasteiger partial charge < -0.3 is 9.84 Å². The molecule has 0 aromatic heterocycles. The third kappa shape index (κ3) is 4.39. The van der Waals surface area contributed by atoms with Crippen molar-refractivity contribution in [3.05, 3.63) is 66.2 Å². The Morgan fingerprint density at radius 2 is 1.58 bits per heavy atom. The van der Waals surface area contributed by atoms with Gasteiger partial charge >= 0.3 is 0 Å². The molecule has 0 spiro atoms. The van der Waals surface area contributed by atoms with Gasteiger partial charge in [-0.25, -0.2) is 0 Å². The van der Waals surface area contributed by atoms with Crippen molar-refractivity contribution < 1.29 is 9.84 Å². The number of ether oxygens (including phenoxy) is 1. The van der Waals surface area contributed by atoms with E-state index >= 15 is 0 Å². The summed E-state index contributed by atoms with van der Waals surface area (Å²) in [6.07, 6.45) is -0.165. The molecule has 0 saturated heterocycles. The predicted octanol–water partition coefficient (Wildman–Crippen LogP) is 3.87. The number of rotatable bonds is 6. The molecule has 100 valence electrons. The van der Waals surface area contributed by atoms with E-state index in [1.54, 1.807) is 11.8 Å². The van der Waals surface area contributed by atoms with E-state index in [2.05, 4.69) is 24.3 Å². The van der Waals surface area contributed by atoms with E-state index in [0.29, 0.717) is 6.42 Å². The molecule has 1 N–H and O–H groups in total. The first kappa shape index (κ1) is 14.1. The molecule has 0 aliphatic rings. The Kier molecular flexibility index (Phi) is 5.45. The highest BCUT2D eigenvalue weighted by Gasteiger charge is 2.17. The molecule has 0 bridgehead atoms. The molecule has 2 nitrogen and oxygen atoms in total. The molecule has 2 atom stereocenters. The van der Waals surface area contributed by atoms with E-state index in [4.69, 9.17) is 4.74 Å². The normalized spacial score (nSPS) is 14.0. The van der Waals surface area contributed by atoms with E-state index in [9.17, 15) is 5.11 Å². The Bertz CT molecular complexity index is 473. The molecule has 2 aromatic carbocycles. The minimum atomic E-state index is -0.735. The van der Waals surface area contributed by atoms with Crippen molar-refractivity contribution in [1.29, 1.82) is 0 Å². The first-order valence-corrected chi connectivity index (χ1v) is 7.15. The summed E-state index contributed by atoms with van der Waals surface area (Å²) in [5.41, 5.74) is 1.20. The minimum absolute atomic E-state index is 0.179. The van der Waals surface area contributed by atoms with Crippen molar-refractivity contribution in [3.8, 4) is 0 Å². The molecule has 0 aliphatic carbocycles. The number of methoxy groups -OCH3 is 1. The van der Waals surface area contributed by atoms with Gasteiger partial charge in [-0.15, -0.1) is 11.8 Å². The molecule has 0 amide bonds. The van der Waals surface area contributed by atoms with Crippen LogP contribution in [-0.4, -0.2) is 18.5 Å². The summed E-state index contributed by atoms with van der Waals surface area (Å²) >= 11 is 1.75. The third-order valence-corrected chi connectivity index (χ3v) is 4.17. The molecule has 0 radical (unpaired) electrons. The molecular weight excluding hydrogens is 256 g/mol. The van der Waals surface area contributed by atoms with E-state index in [0.717, 1.165) is 0 Å². The number of benzene rings is 2. The molecule has 0 aliphatic heterocycles. The number of hydrogen-bond donors (Lipinski definition) is 1. The van der Waals surface area contributed by atoms with Crippen molar-refractivity contribution in [2.24, 2.45) is 0 Å². The molecular formula is C16H18O2S. The van der Waals surface area contributed by atoms with Crippen molar-refractivity contribution in [1.82, 2.24) is 0 Å². The lowest BCUT2D eigenvalue weighted by Crippen LogP contribution is -2.12. The van der Waals surface area contributed by atoms with Gasteiger partial charge in [0.05, 0.1) is 0 Å². The smallest absolute Gasteiger partial charge is 0.155 e. The zero-order chi connectivity index (χ0) is 13.5. The van der Waals surface area contributed by atoms with Gasteiger partial charge in [-0.3, -0.25) is 0 Å². The van der Waals surface area contributed by atoms with Gasteiger partial charge in [0.15, 0.2) is 6.29 Å². The summed E-state index contributed by atoms with van der Waals surface area (Å²) in [4.78, 5) is 1.19. The number of aliphatic hydroxyl groups is 1. The highest BCUT2D eigenvalue weighted by molar-refractivity contribution is 7.99. The van der Waals surface area contributed by atoms with E-state index in [-0.39, 0.29) is 5.25 Å².